The lowest BCUT2D eigenvalue weighted by Gasteiger charge is -1.97. The van der Waals surface area contributed by atoms with Gasteiger partial charge in [-0.1, -0.05) is 0 Å². The van der Waals surface area contributed by atoms with Crippen LogP contribution < -0.4 is 5.73 Å². The highest BCUT2D eigenvalue weighted by molar-refractivity contribution is 14.1. The van der Waals surface area contributed by atoms with Crippen LogP contribution in [-0.4, -0.2) is 20.0 Å². The van der Waals surface area contributed by atoms with Gasteiger partial charge in [0.2, 0.25) is 0 Å². The van der Waals surface area contributed by atoms with Crippen molar-refractivity contribution in [3.63, 3.8) is 0 Å². The van der Waals surface area contributed by atoms with Crippen molar-refractivity contribution in [2.24, 2.45) is 7.05 Å². The number of nitrogens with one attached hydrogen (secondary N) is 1. The second-order valence-electron chi connectivity index (χ2n) is 3.08. The third-order valence-corrected chi connectivity index (χ3v) is 3.46. The second-order valence-corrected chi connectivity index (χ2v) is 4.10. The van der Waals surface area contributed by atoms with Gasteiger partial charge in [-0.25, -0.2) is 0 Å². The summed E-state index contributed by atoms with van der Waals surface area (Å²) in [6.07, 6.45) is 1.81. The van der Waals surface area contributed by atoms with Crippen molar-refractivity contribution in [2.75, 3.05) is 5.73 Å². The third-order valence-electron chi connectivity index (χ3n) is 2.18. The number of rotatable bonds is 1. The van der Waals surface area contributed by atoms with E-state index in [1.807, 2.05) is 24.9 Å². The first-order chi connectivity index (χ1) is 6.61. The monoisotopic (exact) mass is 303 g/mol. The third kappa shape index (κ3) is 1.29. The topological polar surface area (TPSA) is 72.5 Å². The van der Waals surface area contributed by atoms with Crippen molar-refractivity contribution in [3.05, 3.63) is 15.5 Å². The van der Waals surface area contributed by atoms with Crippen molar-refractivity contribution in [2.45, 2.75) is 6.92 Å². The molecule has 0 spiro atoms. The van der Waals surface area contributed by atoms with Crippen LogP contribution in [0.4, 0.5) is 5.82 Å². The molecule has 0 unspecified atom stereocenters. The number of aromatic nitrogens is 4. The van der Waals surface area contributed by atoms with Crippen LogP contribution in [0.1, 0.15) is 5.56 Å². The number of nitrogen functional groups attached to an aromatic ring is 1. The van der Waals surface area contributed by atoms with E-state index in [1.54, 1.807) is 0 Å². The second kappa shape index (κ2) is 3.26. The molecule has 0 saturated heterocycles. The molecule has 0 saturated carbocycles. The molecule has 6 heteroatoms. The summed E-state index contributed by atoms with van der Waals surface area (Å²) < 4.78 is 2.88. The highest BCUT2D eigenvalue weighted by Gasteiger charge is 2.13. The summed E-state index contributed by atoms with van der Waals surface area (Å²) in [5, 5.41) is 11.0. The van der Waals surface area contributed by atoms with E-state index in [-0.39, 0.29) is 0 Å². The van der Waals surface area contributed by atoms with Gasteiger partial charge in [0.05, 0.1) is 17.5 Å². The molecule has 2 aromatic heterocycles. The Labute approximate surface area is 94.8 Å². The van der Waals surface area contributed by atoms with E-state index in [2.05, 4.69) is 37.9 Å². The number of hydrogen-bond acceptors (Lipinski definition) is 3. The maximum Gasteiger partial charge on any atom is 0.148 e. The van der Waals surface area contributed by atoms with Crippen LogP contribution in [0.2, 0.25) is 0 Å². The standard InChI is InChI=1S/C8H10IN5/c1-4-6(12-13-8(4)10)5-3-11-14(2)7(5)9/h3H,1-2H3,(H3,10,12,13). The minimum atomic E-state index is 0.541. The van der Waals surface area contributed by atoms with Crippen molar-refractivity contribution < 1.29 is 0 Å². The number of hydrogen-bond donors (Lipinski definition) is 2. The Morgan fingerprint density at radius 1 is 1.57 bits per heavy atom. The number of nitrogens with two attached hydrogens (primary N) is 1. The lowest BCUT2D eigenvalue weighted by molar-refractivity contribution is 0.748. The molecule has 0 atom stereocenters. The average molecular weight is 303 g/mol. The molecule has 0 aromatic carbocycles. The zero-order valence-electron chi connectivity index (χ0n) is 7.87. The van der Waals surface area contributed by atoms with E-state index < -0.39 is 0 Å². The largest absolute Gasteiger partial charge is 0.382 e. The van der Waals surface area contributed by atoms with Gasteiger partial charge in [-0.15, -0.1) is 0 Å². The highest BCUT2D eigenvalue weighted by Crippen LogP contribution is 2.27. The van der Waals surface area contributed by atoms with Crippen molar-refractivity contribution in [3.8, 4) is 11.3 Å². The number of nitrogens with zero attached hydrogens (tertiary/aromatic N) is 3. The van der Waals surface area contributed by atoms with Crippen molar-refractivity contribution in [1.29, 1.82) is 0 Å². The number of aryl methyl sites for hydroxylation is 1. The van der Waals surface area contributed by atoms with Gasteiger partial charge in [0.1, 0.15) is 9.52 Å². The zero-order chi connectivity index (χ0) is 10.3. The van der Waals surface area contributed by atoms with Crippen LogP contribution in [0.5, 0.6) is 0 Å². The van der Waals surface area contributed by atoms with Crippen LogP contribution in [-0.2, 0) is 7.05 Å². The average Bonchev–Trinajstić information content (AvgIpc) is 2.63. The summed E-state index contributed by atoms with van der Waals surface area (Å²) in [5.74, 6) is 0.541. The molecule has 0 aliphatic heterocycles. The molecule has 0 aliphatic carbocycles. The summed E-state index contributed by atoms with van der Waals surface area (Å²) in [6.45, 7) is 1.94. The fourth-order valence-electron chi connectivity index (χ4n) is 1.26. The quantitative estimate of drug-likeness (QED) is 0.780. The molecule has 2 aromatic rings. The minimum Gasteiger partial charge on any atom is -0.382 e. The Balaban J connectivity index is 2.60. The zero-order valence-corrected chi connectivity index (χ0v) is 10.0. The highest BCUT2D eigenvalue weighted by atomic mass is 127. The van der Waals surface area contributed by atoms with E-state index in [1.165, 1.54) is 0 Å². The normalized spacial score (nSPS) is 10.8. The van der Waals surface area contributed by atoms with E-state index >= 15 is 0 Å². The SMILES string of the molecule is Cc1c(N)n[nH]c1-c1cnn(C)c1I. The molecule has 0 radical (unpaired) electrons. The molecule has 5 nitrogen and oxygen atoms in total. The lowest BCUT2D eigenvalue weighted by Crippen LogP contribution is -1.93. The maximum atomic E-state index is 5.66. The van der Waals surface area contributed by atoms with Gasteiger partial charge in [0.15, 0.2) is 0 Å². The van der Waals surface area contributed by atoms with Crippen molar-refractivity contribution in [1.82, 2.24) is 20.0 Å². The fraction of sp³-hybridized carbons (Fsp3) is 0.250. The fourth-order valence-corrected chi connectivity index (χ4v) is 1.80. The Hall–Kier alpha value is -1.05. The Kier molecular flexibility index (Phi) is 2.22. The summed E-state index contributed by atoms with van der Waals surface area (Å²) in [4.78, 5) is 0. The Morgan fingerprint density at radius 2 is 2.29 bits per heavy atom. The summed E-state index contributed by atoms with van der Waals surface area (Å²) in [7, 11) is 1.90. The van der Waals surface area contributed by atoms with Crippen LogP contribution >= 0.6 is 22.6 Å². The molecule has 0 amide bonds. The molecule has 3 N–H and O–H groups in total. The minimum absolute atomic E-state index is 0.541. The van der Waals surface area contributed by atoms with Crippen molar-refractivity contribution >= 4 is 28.4 Å². The van der Waals surface area contributed by atoms with E-state index in [4.69, 9.17) is 5.73 Å². The molecule has 74 valence electrons. The van der Waals surface area contributed by atoms with Crippen LogP contribution in [0.3, 0.4) is 0 Å². The van der Waals surface area contributed by atoms with Gasteiger partial charge < -0.3 is 5.73 Å². The number of H-pyrrole nitrogens is 1. The smallest absolute Gasteiger partial charge is 0.148 e. The molecule has 0 fully saturated rings. The van der Waals surface area contributed by atoms with E-state index in [9.17, 15) is 0 Å². The lowest BCUT2D eigenvalue weighted by atomic mass is 10.2. The van der Waals surface area contributed by atoms with Crippen LogP contribution in [0.25, 0.3) is 11.3 Å². The van der Waals surface area contributed by atoms with Gasteiger partial charge in [-0.2, -0.15) is 10.2 Å². The Bertz CT molecular complexity index is 426. The molecule has 2 heterocycles. The first kappa shape index (κ1) is 9.50. The number of halogens is 1. The molecule has 14 heavy (non-hydrogen) atoms. The van der Waals surface area contributed by atoms with Gasteiger partial charge in [-0.05, 0) is 29.5 Å². The number of anilines is 1. The van der Waals surface area contributed by atoms with Gasteiger partial charge in [0, 0.05) is 12.6 Å². The van der Waals surface area contributed by atoms with Crippen LogP contribution in [0.15, 0.2) is 6.20 Å². The summed E-state index contributed by atoms with van der Waals surface area (Å²) in [5.41, 5.74) is 8.61. The van der Waals surface area contributed by atoms with Crippen LogP contribution in [0, 0.1) is 10.6 Å². The molecular formula is C8H10IN5. The summed E-state index contributed by atoms with van der Waals surface area (Å²) >= 11 is 2.24. The number of aromatic amines is 1. The van der Waals surface area contributed by atoms with Gasteiger partial charge in [-0.3, -0.25) is 9.78 Å². The maximum absolute atomic E-state index is 5.66. The van der Waals surface area contributed by atoms with Gasteiger partial charge in [0.25, 0.3) is 0 Å². The molecule has 0 aliphatic rings. The van der Waals surface area contributed by atoms with Gasteiger partial charge >= 0.3 is 0 Å². The first-order valence-corrected chi connectivity index (χ1v) is 5.17. The van der Waals surface area contributed by atoms with E-state index in [0.29, 0.717) is 5.82 Å². The molecule has 0 bridgehead atoms. The Morgan fingerprint density at radius 3 is 2.71 bits per heavy atom. The predicted molar refractivity (Wildman–Crippen MR) is 62.7 cm³/mol. The van der Waals surface area contributed by atoms with E-state index in [0.717, 1.165) is 20.5 Å². The molecule has 2 rings (SSSR count). The summed E-state index contributed by atoms with van der Waals surface area (Å²) in [6, 6.07) is 0. The first-order valence-electron chi connectivity index (χ1n) is 4.09. The molecular weight excluding hydrogens is 293 g/mol. The predicted octanol–water partition coefficient (Wildman–Crippen LogP) is 1.31.